The second-order valence-corrected chi connectivity index (χ2v) is 5.59. The minimum absolute atomic E-state index is 0.247. The summed E-state index contributed by atoms with van der Waals surface area (Å²) >= 11 is 0. The third-order valence-corrected chi connectivity index (χ3v) is 3.89. The highest BCUT2D eigenvalue weighted by Gasteiger charge is 2.38. The van der Waals surface area contributed by atoms with Gasteiger partial charge >= 0.3 is 0 Å². The molecule has 0 amide bonds. The molecule has 2 rings (SSSR count). The summed E-state index contributed by atoms with van der Waals surface area (Å²) in [5.74, 6) is 0.383. The van der Waals surface area contributed by atoms with Crippen molar-refractivity contribution in [2.24, 2.45) is 5.41 Å². The first-order valence-corrected chi connectivity index (χ1v) is 6.32. The van der Waals surface area contributed by atoms with E-state index in [-0.39, 0.29) is 11.5 Å². The van der Waals surface area contributed by atoms with Gasteiger partial charge in [0.05, 0.1) is 0 Å². The van der Waals surface area contributed by atoms with E-state index in [9.17, 15) is 4.79 Å². The molecule has 1 unspecified atom stereocenters. The third-order valence-electron chi connectivity index (χ3n) is 3.89. The summed E-state index contributed by atoms with van der Waals surface area (Å²) in [6, 6.07) is 8.84. The maximum absolute atomic E-state index is 11.9. The summed E-state index contributed by atoms with van der Waals surface area (Å²) in [7, 11) is 0. The highest BCUT2D eigenvalue weighted by atomic mass is 16.1. The maximum atomic E-state index is 11.9. The molecule has 0 spiro atoms. The van der Waals surface area contributed by atoms with Crippen molar-refractivity contribution >= 4 is 5.78 Å². The Kier molecular flexibility index (Phi) is 3.34. The molecule has 0 aromatic heterocycles. The fourth-order valence-corrected chi connectivity index (χ4v) is 2.42. The normalized spacial score (nSPS) is 23.7. The largest absolute Gasteiger partial charge is 0.312 e. The minimum Gasteiger partial charge on any atom is -0.312 e. The molecule has 1 N–H and O–H groups in total. The molecule has 1 fully saturated rings. The lowest BCUT2D eigenvalue weighted by atomic mass is 9.74. The van der Waals surface area contributed by atoms with E-state index in [1.807, 2.05) is 0 Å². The summed E-state index contributed by atoms with van der Waals surface area (Å²) in [4.78, 5) is 11.9. The first kappa shape index (κ1) is 12.3. The molecule has 1 aromatic carbocycles. The van der Waals surface area contributed by atoms with Crippen LogP contribution in [-0.2, 0) is 11.2 Å². The van der Waals surface area contributed by atoms with Gasteiger partial charge in [0.25, 0.3) is 0 Å². The average molecular weight is 231 g/mol. The fourth-order valence-electron chi connectivity index (χ4n) is 2.42. The van der Waals surface area contributed by atoms with Crippen molar-refractivity contribution in [2.75, 3.05) is 6.54 Å². The molecule has 0 saturated carbocycles. The predicted molar refractivity (Wildman–Crippen MR) is 70.1 cm³/mol. The Balaban J connectivity index is 2.12. The van der Waals surface area contributed by atoms with Gasteiger partial charge in [-0.25, -0.2) is 0 Å². The van der Waals surface area contributed by atoms with Crippen LogP contribution in [0.3, 0.4) is 0 Å². The van der Waals surface area contributed by atoms with Crippen LogP contribution < -0.4 is 5.32 Å². The number of Topliss-reactive ketones (excluding diaryl/α,β-unsaturated/α-hetero) is 1. The number of carbonyl (C=O) groups excluding carboxylic acids is 1. The number of piperidine rings is 1. The molecular formula is C15H21NO. The highest BCUT2D eigenvalue weighted by Crippen LogP contribution is 2.29. The van der Waals surface area contributed by atoms with Crippen LogP contribution in [0.4, 0.5) is 0 Å². The van der Waals surface area contributed by atoms with Crippen LogP contribution in [-0.4, -0.2) is 18.4 Å². The van der Waals surface area contributed by atoms with E-state index in [2.05, 4.69) is 50.4 Å². The highest BCUT2D eigenvalue weighted by molar-refractivity contribution is 5.85. The zero-order valence-electron chi connectivity index (χ0n) is 10.9. The Labute approximate surface area is 103 Å². The minimum atomic E-state index is -0.247. The topological polar surface area (TPSA) is 29.1 Å². The van der Waals surface area contributed by atoms with Crippen LogP contribution in [0, 0.1) is 12.3 Å². The SMILES string of the molecule is Cc1ccc(CC2NCCC(=O)C2(C)C)cc1. The molecule has 1 aliphatic heterocycles. The molecule has 1 heterocycles. The molecule has 0 aliphatic carbocycles. The number of hydrogen-bond donors (Lipinski definition) is 1. The van der Waals surface area contributed by atoms with E-state index >= 15 is 0 Å². The molecule has 2 heteroatoms. The van der Waals surface area contributed by atoms with Crippen LogP contribution in [0.5, 0.6) is 0 Å². The van der Waals surface area contributed by atoms with Crippen molar-refractivity contribution in [2.45, 2.75) is 39.7 Å². The smallest absolute Gasteiger partial charge is 0.141 e. The Bertz CT molecular complexity index is 405. The van der Waals surface area contributed by atoms with E-state index in [1.54, 1.807) is 0 Å². The quantitative estimate of drug-likeness (QED) is 0.847. The molecule has 1 aromatic rings. The monoisotopic (exact) mass is 231 g/mol. The third kappa shape index (κ3) is 2.58. The van der Waals surface area contributed by atoms with Gasteiger partial charge in [0.2, 0.25) is 0 Å². The van der Waals surface area contributed by atoms with Crippen LogP contribution in [0.15, 0.2) is 24.3 Å². The molecule has 92 valence electrons. The van der Waals surface area contributed by atoms with Crippen molar-refractivity contribution < 1.29 is 4.79 Å². The number of nitrogens with one attached hydrogen (secondary N) is 1. The zero-order chi connectivity index (χ0) is 12.5. The van der Waals surface area contributed by atoms with E-state index in [0.29, 0.717) is 12.2 Å². The molecule has 1 saturated heterocycles. The van der Waals surface area contributed by atoms with Crippen LogP contribution in [0.2, 0.25) is 0 Å². The lowest BCUT2D eigenvalue weighted by molar-refractivity contribution is -0.130. The maximum Gasteiger partial charge on any atom is 0.141 e. The predicted octanol–water partition coefficient (Wildman–Crippen LogP) is 2.49. The first-order valence-electron chi connectivity index (χ1n) is 6.32. The van der Waals surface area contributed by atoms with Gasteiger partial charge in [-0.3, -0.25) is 4.79 Å². The fraction of sp³-hybridized carbons (Fsp3) is 0.533. The van der Waals surface area contributed by atoms with E-state index in [4.69, 9.17) is 0 Å². The molecule has 1 atom stereocenters. The summed E-state index contributed by atoms with van der Waals surface area (Å²) in [6.07, 6.45) is 1.59. The van der Waals surface area contributed by atoms with Gasteiger partial charge in [0.15, 0.2) is 0 Å². The molecule has 0 bridgehead atoms. The average Bonchev–Trinajstić information content (AvgIpc) is 2.28. The summed E-state index contributed by atoms with van der Waals surface area (Å²) in [5, 5.41) is 3.48. The Morgan fingerprint density at radius 3 is 2.59 bits per heavy atom. The van der Waals surface area contributed by atoms with Gasteiger partial charge in [-0.05, 0) is 18.9 Å². The number of hydrogen-bond acceptors (Lipinski definition) is 2. The Morgan fingerprint density at radius 1 is 1.29 bits per heavy atom. The molecule has 1 aliphatic rings. The van der Waals surface area contributed by atoms with Gasteiger partial charge in [-0.1, -0.05) is 43.7 Å². The second-order valence-electron chi connectivity index (χ2n) is 5.59. The Hall–Kier alpha value is -1.15. The zero-order valence-corrected chi connectivity index (χ0v) is 10.9. The van der Waals surface area contributed by atoms with Crippen LogP contribution in [0.1, 0.15) is 31.4 Å². The second kappa shape index (κ2) is 4.61. The van der Waals surface area contributed by atoms with Crippen molar-refractivity contribution in [3.63, 3.8) is 0 Å². The first-order chi connectivity index (χ1) is 8.00. The lowest BCUT2D eigenvalue weighted by Crippen LogP contribution is -2.53. The van der Waals surface area contributed by atoms with Crippen molar-refractivity contribution in [1.82, 2.24) is 5.32 Å². The summed E-state index contributed by atoms with van der Waals surface area (Å²) < 4.78 is 0. The van der Waals surface area contributed by atoms with Gasteiger partial charge in [0.1, 0.15) is 5.78 Å². The molecule has 17 heavy (non-hydrogen) atoms. The number of aryl methyl sites for hydroxylation is 1. The van der Waals surface area contributed by atoms with E-state index in [0.717, 1.165) is 13.0 Å². The number of carbonyl (C=O) groups is 1. The number of ketones is 1. The lowest BCUT2D eigenvalue weighted by Gasteiger charge is -2.38. The standard InChI is InChI=1S/C15H21NO/c1-11-4-6-12(7-5-11)10-13-15(2,3)14(17)8-9-16-13/h4-7,13,16H,8-10H2,1-3H3. The molecule has 2 nitrogen and oxygen atoms in total. The summed E-state index contributed by atoms with van der Waals surface area (Å²) in [5.41, 5.74) is 2.33. The van der Waals surface area contributed by atoms with Gasteiger partial charge in [-0.15, -0.1) is 0 Å². The van der Waals surface area contributed by atoms with Crippen molar-refractivity contribution in [3.05, 3.63) is 35.4 Å². The summed E-state index contributed by atoms with van der Waals surface area (Å²) in [6.45, 7) is 7.02. The van der Waals surface area contributed by atoms with Gasteiger partial charge in [0, 0.05) is 24.4 Å². The number of benzene rings is 1. The van der Waals surface area contributed by atoms with Gasteiger partial charge in [-0.2, -0.15) is 0 Å². The van der Waals surface area contributed by atoms with E-state index < -0.39 is 0 Å². The molecule has 0 radical (unpaired) electrons. The van der Waals surface area contributed by atoms with Crippen molar-refractivity contribution in [3.8, 4) is 0 Å². The van der Waals surface area contributed by atoms with Crippen molar-refractivity contribution in [1.29, 1.82) is 0 Å². The van der Waals surface area contributed by atoms with Gasteiger partial charge < -0.3 is 5.32 Å². The Morgan fingerprint density at radius 2 is 1.94 bits per heavy atom. The van der Waals surface area contributed by atoms with Crippen LogP contribution >= 0.6 is 0 Å². The van der Waals surface area contributed by atoms with Crippen LogP contribution in [0.25, 0.3) is 0 Å². The number of rotatable bonds is 2. The van der Waals surface area contributed by atoms with E-state index in [1.165, 1.54) is 11.1 Å². The molecular weight excluding hydrogens is 210 g/mol.